The number of halogens is 1. The number of nitrogens with one attached hydrogen (secondary N) is 2. The van der Waals surface area contributed by atoms with Gasteiger partial charge in [-0.25, -0.2) is 9.97 Å². The molecule has 0 radical (unpaired) electrons. The van der Waals surface area contributed by atoms with Gasteiger partial charge in [-0.05, 0) is 22.4 Å². The van der Waals surface area contributed by atoms with Crippen molar-refractivity contribution in [2.45, 2.75) is 19.8 Å². The second kappa shape index (κ2) is 4.56. The molecule has 0 fully saturated rings. The molecule has 6 nitrogen and oxygen atoms in total. The van der Waals surface area contributed by atoms with Crippen molar-refractivity contribution in [3.63, 3.8) is 0 Å². The van der Waals surface area contributed by atoms with Crippen molar-refractivity contribution in [3.8, 4) is 11.6 Å². The summed E-state index contributed by atoms with van der Waals surface area (Å²) < 4.78 is 0.484. The van der Waals surface area contributed by atoms with Crippen molar-refractivity contribution in [1.29, 1.82) is 0 Å². The zero-order valence-corrected chi connectivity index (χ0v) is 10.2. The lowest BCUT2D eigenvalue weighted by atomic mass is 10.2. The fraction of sp³-hybridized carbons (Fsp3) is 0.333. The van der Waals surface area contributed by atoms with Crippen molar-refractivity contribution < 1.29 is 0 Å². The molecule has 7 heteroatoms. The molecule has 0 aromatic carbocycles. The van der Waals surface area contributed by atoms with Gasteiger partial charge in [0.2, 0.25) is 0 Å². The van der Waals surface area contributed by atoms with Crippen LogP contribution in [-0.2, 0) is 6.42 Å². The van der Waals surface area contributed by atoms with E-state index in [9.17, 15) is 4.79 Å². The number of hydrogen-bond donors (Lipinski definition) is 2. The molecule has 0 aliphatic rings. The summed E-state index contributed by atoms with van der Waals surface area (Å²) in [6, 6.07) is 0. The summed E-state index contributed by atoms with van der Waals surface area (Å²) >= 11 is 3.23. The van der Waals surface area contributed by atoms with Crippen LogP contribution in [0.2, 0.25) is 0 Å². The van der Waals surface area contributed by atoms with Gasteiger partial charge < -0.3 is 4.98 Å². The van der Waals surface area contributed by atoms with Crippen LogP contribution in [0.4, 0.5) is 0 Å². The molecular weight excluding hydrogens is 274 g/mol. The molecule has 2 rings (SSSR count). The standard InChI is InChI=1S/C9H10BrN5O/c1-2-3-5-6(10)9(16)14-8(13-5)7-11-4-12-15-7/h4H,2-3H2,1H3,(H,11,12,15)(H,13,14,16). The summed E-state index contributed by atoms with van der Waals surface area (Å²) in [4.78, 5) is 22.5. The number of rotatable bonds is 3. The molecule has 0 saturated heterocycles. The fourth-order valence-electron chi connectivity index (χ4n) is 1.34. The predicted octanol–water partition coefficient (Wildman–Crippen LogP) is 1.27. The van der Waals surface area contributed by atoms with E-state index in [0.717, 1.165) is 18.5 Å². The van der Waals surface area contributed by atoms with Crippen LogP contribution in [-0.4, -0.2) is 25.1 Å². The molecule has 2 aromatic rings. The average molecular weight is 284 g/mol. The van der Waals surface area contributed by atoms with Crippen molar-refractivity contribution in [3.05, 3.63) is 26.8 Å². The Balaban J connectivity index is 2.53. The molecule has 2 N–H and O–H groups in total. The minimum absolute atomic E-state index is 0.204. The van der Waals surface area contributed by atoms with Gasteiger partial charge in [0, 0.05) is 0 Å². The van der Waals surface area contributed by atoms with Gasteiger partial charge in [-0.3, -0.25) is 9.89 Å². The van der Waals surface area contributed by atoms with Crippen LogP contribution in [0.5, 0.6) is 0 Å². The van der Waals surface area contributed by atoms with E-state index in [1.165, 1.54) is 6.33 Å². The Kier molecular flexibility index (Phi) is 3.14. The Morgan fingerprint density at radius 2 is 2.25 bits per heavy atom. The van der Waals surface area contributed by atoms with Gasteiger partial charge in [0.05, 0.1) is 5.69 Å². The molecule has 2 aromatic heterocycles. The smallest absolute Gasteiger partial charge is 0.265 e. The Morgan fingerprint density at radius 3 is 2.88 bits per heavy atom. The Hall–Kier alpha value is -1.50. The van der Waals surface area contributed by atoms with Crippen LogP contribution >= 0.6 is 15.9 Å². The average Bonchev–Trinajstić information content (AvgIpc) is 2.78. The van der Waals surface area contributed by atoms with Gasteiger partial charge in [0.25, 0.3) is 5.56 Å². The molecule has 0 spiro atoms. The summed E-state index contributed by atoms with van der Waals surface area (Å²) in [5, 5.41) is 6.38. The van der Waals surface area contributed by atoms with E-state index in [-0.39, 0.29) is 5.56 Å². The Morgan fingerprint density at radius 1 is 1.44 bits per heavy atom. The largest absolute Gasteiger partial charge is 0.303 e. The third kappa shape index (κ3) is 2.04. The van der Waals surface area contributed by atoms with E-state index in [2.05, 4.69) is 41.1 Å². The first-order valence-electron chi connectivity index (χ1n) is 4.86. The van der Waals surface area contributed by atoms with Gasteiger partial charge in [-0.2, -0.15) is 5.10 Å². The molecule has 16 heavy (non-hydrogen) atoms. The maximum Gasteiger partial charge on any atom is 0.265 e. The highest BCUT2D eigenvalue weighted by Crippen LogP contribution is 2.14. The quantitative estimate of drug-likeness (QED) is 0.888. The number of aryl methyl sites for hydroxylation is 1. The second-order valence-electron chi connectivity index (χ2n) is 3.26. The summed E-state index contributed by atoms with van der Waals surface area (Å²) in [6.45, 7) is 2.03. The molecule has 84 valence electrons. The molecule has 0 unspecified atom stereocenters. The predicted molar refractivity (Wildman–Crippen MR) is 61.9 cm³/mol. The van der Waals surface area contributed by atoms with Crippen LogP contribution in [0.25, 0.3) is 11.6 Å². The zero-order valence-electron chi connectivity index (χ0n) is 8.62. The van der Waals surface area contributed by atoms with Crippen LogP contribution in [0, 0.1) is 0 Å². The van der Waals surface area contributed by atoms with E-state index < -0.39 is 0 Å². The monoisotopic (exact) mass is 283 g/mol. The summed E-state index contributed by atoms with van der Waals surface area (Å²) in [5.74, 6) is 0.871. The van der Waals surface area contributed by atoms with E-state index in [0.29, 0.717) is 16.1 Å². The lowest BCUT2D eigenvalue weighted by molar-refractivity contribution is 0.857. The molecule has 0 amide bonds. The number of aromatic nitrogens is 5. The molecule has 0 saturated carbocycles. The van der Waals surface area contributed by atoms with Crippen molar-refractivity contribution in [2.75, 3.05) is 0 Å². The SMILES string of the molecule is CCCc1nc(-c2ncn[nH]2)[nH]c(=O)c1Br. The zero-order chi connectivity index (χ0) is 11.5. The molecule has 0 aliphatic heterocycles. The van der Waals surface area contributed by atoms with Crippen LogP contribution in [0.15, 0.2) is 15.6 Å². The molecule has 0 bridgehead atoms. The summed E-state index contributed by atoms with van der Waals surface area (Å²) in [7, 11) is 0. The highest BCUT2D eigenvalue weighted by Gasteiger charge is 2.10. The van der Waals surface area contributed by atoms with Gasteiger partial charge in [-0.15, -0.1) is 0 Å². The number of hydrogen-bond acceptors (Lipinski definition) is 4. The normalized spacial score (nSPS) is 10.6. The van der Waals surface area contributed by atoms with Crippen molar-refractivity contribution in [1.82, 2.24) is 25.1 Å². The maximum absolute atomic E-state index is 11.6. The lowest BCUT2D eigenvalue weighted by Gasteiger charge is -2.03. The van der Waals surface area contributed by atoms with Gasteiger partial charge >= 0.3 is 0 Å². The van der Waals surface area contributed by atoms with Gasteiger partial charge in [0.1, 0.15) is 10.8 Å². The third-order valence-corrected chi connectivity index (χ3v) is 2.88. The Bertz CT molecular complexity index is 533. The van der Waals surface area contributed by atoms with Crippen LogP contribution in [0.3, 0.4) is 0 Å². The highest BCUT2D eigenvalue weighted by molar-refractivity contribution is 9.10. The Labute approximate surface area is 99.7 Å². The number of nitrogens with zero attached hydrogens (tertiary/aromatic N) is 3. The van der Waals surface area contributed by atoms with Crippen LogP contribution < -0.4 is 5.56 Å². The molecule has 0 aliphatic carbocycles. The van der Waals surface area contributed by atoms with E-state index >= 15 is 0 Å². The molecule has 2 heterocycles. The summed E-state index contributed by atoms with van der Waals surface area (Å²) in [6.07, 6.45) is 3.04. The third-order valence-electron chi connectivity index (χ3n) is 2.06. The van der Waals surface area contributed by atoms with Crippen molar-refractivity contribution in [2.24, 2.45) is 0 Å². The summed E-state index contributed by atoms with van der Waals surface area (Å²) in [5.41, 5.74) is 0.530. The maximum atomic E-state index is 11.6. The topological polar surface area (TPSA) is 87.3 Å². The number of aromatic amines is 2. The van der Waals surface area contributed by atoms with Crippen LogP contribution in [0.1, 0.15) is 19.0 Å². The van der Waals surface area contributed by atoms with Gasteiger partial charge in [-0.1, -0.05) is 13.3 Å². The van der Waals surface area contributed by atoms with E-state index in [4.69, 9.17) is 0 Å². The number of H-pyrrole nitrogens is 2. The minimum Gasteiger partial charge on any atom is -0.303 e. The molecule has 0 atom stereocenters. The highest BCUT2D eigenvalue weighted by atomic mass is 79.9. The minimum atomic E-state index is -0.204. The fourth-order valence-corrected chi connectivity index (χ4v) is 1.73. The second-order valence-corrected chi connectivity index (χ2v) is 4.05. The van der Waals surface area contributed by atoms with Crippen molar-refractivity contribution >= 4 is 15.9 Å². The first kappa shape index (κ1) is 11.0. The first-order valence-corrected chi connectivity index (χ1v) is 5.66. The lowest BCUT2D eigenvalue weighted by Crippen LogP contribution is -2.14. The van der Waals surface area contributed by atoms with E-state index in [1.807, 2.05) is 6.92 Å². The van der Waals surface area contributed by atoms with Gasteiger partial charge in [0.15, 0.2) is 11.6 Å². The molecular formula is C9H10BrN5O. The first-order chi connectivity index (χ1) is 7.72. The van der Waals surface area contributed by atoms with E-state index in [1.54, 1.807) is 0 Å².